The number of carboxylic acids is 1. The van der Waals surface area contributed by atoms with Gasteiger partial charge in [0.2, 0.25) is 0 Å². The first-order valence-corrected chi connectivity index (χ1v) is 7.07. The Bertz CT molecular complexity index is 707. The highest BCUT2D eigenvalue weighted by Gasteiger charge is 2.29. The molecule has 21 heavy (non-hydrogen) atoms. The van der Waals surface area contributed by atoms with E-state index in [0.717, 1.165) is 30.6 Å². The highest BCUT2D eigenvalue weighted by molar-refractivity contribution is 6.04. The highest BCUT2D eigenvalue weighted by atomic mass is 16.4. The van der Waals surface area contributed by atoms with Crippen LogP contribution >= 0.6 is 0 Å². The van der Waals surface area contributed by atoms with Crippen LogP contribution in [-0.4, -0.2) is 27.0 Å². The minimum Gasteiger partial charge on any atom is -0.481 e. The van der Waals surface area contributed by atoms with Crippen molar-refractivity contribution in [3.8, 4) is 0 Å². The fourth-order valence-electron chi connectivity index (χ4n) is 3.11. The summed E-state index contributed by atoms with van der Waals surface area (Å²) in [5.41, 5.74) is 7.08. The predicted octanol–water partition coefficient (Wildman–Crippen LogP) is 2.02. The lowest BCUT2D eigenvalue weighted by molar-refractivity contribution is -0.143. The lowest BCUT2D eigenvalue weighted by Gasteiger charge is -2.24. The molecule has 0 aliphatic heterocycles. The summed E-state index contributed by atoms with van der Waals surface area (Å²) in [4.78, 5) is 30.3. The fourth-order valence-corrected chi connectivity index (χ4v) is 3.11. The van der Waals surface area contributed by atoms with Gasteiger partial charge in [-0.3, -0.25) is 9.59 Å². The number of fused-ring (bicyclic) bond motifs is 1. The molecule has 4 N–H and O–H groups in total. The second-order valence-electron chi connectivity index (χ2n) is 5.59. The molecule has 0 radical (unpaired) electrons. The van der Waals surface area contributed by atoms with Gasteiger partial charge in [0.25, 0.3) is 5.91 Å². The quantitative estimate of drug-likeness (QED) is 0.802. The molecule has 1 amide bonds. The number of carboxylic acid groups (broad SMARTS) is 1. The van der Waals surface area contributed by atoms with Gasteiger partial charge in [-0.2, -0.15) is 0 Å². The van der Waals surface area contributed by atoms with E-state index in [-0.39, 0.29) is 11.8 Å². The van der Waals surface area contributed by atoms with E-state index in [1.807, 2.05) is 6.07 Å². The summed E-state index contributed by atoms with van der Waals surface area (Å²) in [5.74, 6) is -0.718. The first-order chi connectivity index (χ1) is 10.1. The van der Waals surface area contributed by atoms with Gasteiger partial charge in [0.1, 0.15) is 11.3 Å². The smallest absolute Gasteiger partial charge is 0.306 e. The topological polar surface area (TPSA) is 109 Å². The summed E-state index contributed by atoms with van der Waals surface area (Å²) in [6.45, 7) is 0. The number of rotatable bonds is 3. The third-order valence-corrected chi connectivity index (χ3v) is 4.21. The van der Waals surface area contributed by atoms with Crippen LogP contribution in [0.15, 0.2) is 18.2 Å². The Labute approximate surface area is 121 Å². The van der Waals surface area contributed by atoms with Crippen LogP contribution in [0.3, 0.4) is 0 Å². The summed E-state index contributed by atoms with van der Waals surface area (Å²) in [6, 6.07) is 5.25. The maximum atomic E-state index is 11.4. The van der Waals surface area contributed by atoms with Crippen molar-refractivity contribution in [2.24, 2.45) is 11.7 Å². The number of aromatic amines is 1. The number of amides is 1. The minimum atomic E-state index is -0.742. The number of nitrogens with one attached hydrogen (secondary N) is 1. The number of nitrogens with two attached hydrogens (primary N) is 1. The Morgan fingerprint density at radius 3 is 2.86 bits per heavy atom. The van der Waals surface area contributed by atoms with Gasteiger partial charge in [-0.15, -0.1) is 0 Å². The first-order valence-electron chi connectivity index (χ1n) is 7.07. The minimum absolute atomic E-state index is 0.0907. The van der Waals surface area contributed by atoms with Crippen molar-refractivity contribution in [2.45, 2.75) is 31.6 Å². The second kappa shape index (κ2) is 5.20. The number of carbonyl (C=O) groups is 2. The molecular weight excluding hydrogens is 270 g/mol. The Balaban J connectivity index is 1.96. The van der Waals surface area contributed by atoms with Gasteiger partial charge < -0.3 is 15.8 Å². The number of H-pyrrole nitrogens is 1. The van der Waals surface area contributed by atoms with Crippen molar-refractivity contribution >= 4 is 22.9 Å². The third-order valence-electron chi connectivity index (χ3n) is 4.21. The van der Waals surface area contributed by atoms with Crippen molar-refractivity contribution < 1.29 is 14.7 Å². The predicted molar refractivity (Wildman–Crippen MR) is 76.9 cm³/mol. The summed E-state index contributed by atoms with van der Waals surface area (Å²) in [7, 11) is 0. The van der Waals surface area contributed by atoms with E-state index < -0.39 is 11.9 Å². The van der Waals surface area contributed by atoms with Crippen molar-refractivity contribution in [2.75, 3.05) is 0 Å². The summed E-state index contributed by atoms with van der Waals surface area (Å²) in [5, 5.41) is 9.17. The van der Waals surface area contributed by atoms with E-state index in [2.05, 4.69) is 9.97 Å². The zero-order valence-corrected chi connectivity index (χ0v) is 11.5. The summed E-state index contributed by atoms with van der Waals surface area (Å²) in [6.07, 6.45) is 3.09. The molecule has 6 heteroatoms. The molecule has 110 valence electrons. The Kier molecular flexibility index (Phi) is 3.37. The molecule has 1 fully saturated rings. The van der Waals surface area contributed by atoms with E-state index in [4.69, 9.17) is 10.8 Å². The number of primary amides is 1. The molecule has 1 aromatic carbocycles. The highest BCUT2D eigenvalue weighted by Crippen LogP contribution is 2.36. The first kappa shape index (κ1) is 13.6. The van der Waals surface area contributed by atoms with Crippen LogP contribution in [0.5, 0.6) is 0 Å². The monoisotopic (exact) mass is 287 g/mol. The van der Waals surface area contributed by atoms with E-state index in [1.54, 1.807) is 12.1 Å². The lowest BCUT2D eigenvalue weighted by Crippen LogP contribution is -2.22. The molecule has 2 aromatic rings. The van der Waals surface area contributed by atoms with Crippen LogP contribution < -0.4 is 5.73 Å². The molecule has 1 heterocycles. The van der Waals surface area contributed by atoms with Gasteiger partial charge in [0, 0.05) is 5.92 Å². The van der Waals surface area contributed by atoms with Gasteiger partial charge in [-0.1, -0.05) is 12.5 Å². The summed E-state index contributed by atoms with van der Waals surface area (Å²) >= 11 is 0. The van der Waals surface area contributed by atoms with Crippen LogP contribution in [0, 0.1) is 5.92 Å². The Hall–Kier alpha value is -2.37. The van der Waals surface area contributed by atoms with Crippen LogP contribution in [-0.2, 0) is 4.79 Å². The Morgan fingerprint density at radius 2 is 2.14 bits per heavy atom. The number of hydrogen-bond donors (Lipinski definition) is 3. The maximum Gasteiger partial charge on any atom is 0.306 e. The molecule has 0 saturated heterocycles. The van der Waals surface area contributed by atoms with Crippen LogP contribution in [0.25, 0.3) is 11.0 Å². The maximum absolute atomic E-state index is 11.4. The normalized spacial score (nSPS) is 22.3. The molecule has 1 aliphatic rings. The molecule has 6 nitrogen and oxygen atoms in total. The van der Waals surface area contributed by atoms with E-state index in [1.165, 1.54) is 0 Å². The van der Waals surface area contributed by atoms with Crippen molar-refractivity contribution in [1.29, 1.82) is 0 Å². The van der Waals surface area contributed by atoms with Crippen molar-refractivity contribution in [1.82, 2.24) is 9.97 Å². The van der Waals surface area contributed by atoms with Crippen molar-refractivity contribution in [3.63, 3.8) is 0 Å². The average Bonchev–Trinajstić information content (AvgIpc) is 2.91. The van der Waals surface area contributed by atoms with E-state index in [0.29, 0.717) is 17.5 Å². The number of nitrogens with zero attached hydrogens (tertiary/aromatic N) is 1. The zero-order chi connectivity index (χ0) is 15.0. The average molecular weight is 287 g/mol. The fraction of sp³-hybridized carbons (Fsp3) is 0.400. The van der Waals surface area contributed by atoms with E-state index >= 15 is 0 Å². The number of benzene rings is 1. The Morgan fingerprint density at radius 1 is 1.33 bits per heavy atom. The number of carbonyl (C=O) groups excluding carboxylic acids is 1. The van der Waals surface area contributed by atoms with Crippen molar-refractivity contribution in [3.05, 3.63) is 29.6 Å². The molecule has 2 unspecified atom stereocenters. The van der Waals surface area contributed by atoms with Gasteiger partial charge in [0.05, 0.1) is 17.0 Å². The number of aromatic nitrogens is 2. The third kappa shape index (κ3) is 2.49. The van der Waals surface area contributed by atoms with Crippen LogP contribution in [0.4, 0.5) is 0 Å². The largest absolute Gasteiger partial charge is 0.481 e. The van der Waals surface area contributed by atoms with Crippen LogP contribution in [0.2, 0.25) is 0 Å². The SMILES string of the molecule is NC(=O)c1cccc2[nH]c(C3CCCC(C(=O)O)C3)nc12. The molecule has 1 aromatic heterocycles. The van der Waals surface area contributed by atoms with Gasteiger partial charge in [0.15, 0.2) is 0 Å². The van der Waals surface area contributed by atoms with Gasteiger partial charge in [-0.05, 0) is 31.4 Å². The standard InChI is InChI=1S/C15H17N3O3/c16-13(19)10-5-2-6-11-12(10)18-14(17-11)8-3-1-4-9(7-8)15(20)21/h2,5-6,8-9H,1,3-4,7H2,(H2,16,19)(H,17,18)(H,20,21). The second-order valence-corrected chi connectivity index (χ2v) is 5.59. The molecular formula is C15H17N3O3. The van der Waals surface area contributed by atoms with E-state index in [9.17, 15) is 9.59 Å². The lowest BCUT2D eigenvalue weighted by atomic mass is 9.81. The molecule has 1 aliphatic carbocycles. The molecule has 2 atom stereocenters. The van der Waals surface area contributed by atoms with Gasteiger partial charge in [-0.25, -0.2) is 4.98 Å². The molecule has 1 saturated carbocycles. The number of imidazole rings is 1. The zero-order valence-electron chi connectivity index (χ0n) is 11.5. The summed E-state index contributed by atoms with van der Waals surface area (Å²) < 4.78 is 0. The number of hydrogen-bond acceptors (Lipinski definition) is 3. The molecule has 0 spiro atoms. The van der Waals surface area contributed by atoms with Gasteiger partial charge >= 0.3 is 5.97 Å². The number of aliphatic carboxylic acids is 1. The number of para-hydroxylation sites is 1. The molecule has 3 rings (SSSR count). The molecule has 0 bridgehead atoms. The van der Waals surface area contributed by atoms with Crippen LogP contribution in [0.1, 0.15) is 47.8 Å².